The fourth-order valence-corrected chi connectivity index (χ4v) is 2.19. The predicted molar refractivity (Wildman–Crippen MR) is 66.6 cm³/mol. The molecule has 1 aliphatic rings. The molecule has 1 amide bonds. The van der Waals surface area contributed by atoms with Crippen molar-refractivity contribution in [2.75, 3.05) is 6.61 Å². The topological polar surface area (TPSA) is 46.6 Å². The largest absolute Gasteiger partial charge is 0.464 e. The normalized spacial score (nSPS) is 22.6. The molecule has 0 bridgehead atoms. The van der Waals surface area contributed by atoms with E-state index in [0.717, 1.165) is 5.56 Å². The first kappa shape index (κ1) is 12.6. The number of carbonyl (C=O) groups excluding carboxylic acids is 2. The van der Waals surface area contributed by atoms with E-state index >= 15 is 0 Å². The molecule has 4 nitrogen and oxygen atoms in total. The molecule has 18 heavy (non-hydrogen) atoms. The number of nitrogens with zero attached hydrogens (tertiary/aromatic N) is 1. The van der Waals surface area contributed by atoms with Gasteiger partial charge < -0.3 is 9.64 Å². The third-order valence-corrected chi connectivity index (χ3v) is 3.30. The lowest BCUT2D eigenvalue weighted by Crippen LogP contribution is -2.61. The first-order valence-electron chi connectivity index (χ1n) is 6.07. The second kappa shape index (κ2) is 5.21. The van der Waals surface area contributed by atoms with Crippen LogP contribution in [0.2, 0.25) is 0 Å². The van der Waals surface area contributed by atoms with Crippen LogP contribution in [-0.4, -0.2) is 29.4 Å². The molecular formula is C14H17NO3. The molecule has 96 valence electrons. The summed E-state index contributed by atoms with van der Waals surface area (Å²) in [5.74, 6) is -0.245. The Kier molecular flexibility index (Phi) is 3.65. The highest BCUT2D eigenvalue weighted by Crippen LogP contribution is 2.28. The Balaban J connectivity index is 1.98. The zero-order valence-electron chi connectivity index (χ0n) is 10.6. The molecule has 4 heteroatoms. The Morgan fingerprint density at radius 1 is 1.33 bits per heavy atom. The number of ether oxygens (including phenoxy) is 1. The van der Waals surface area contributed by atoms with Crippen LogP contribution in [0.15, 0.2) is 30.3 Å². The molecule has 1 aromatic carbocycles. The van der Waals surface area contributed by atoms with Gasteiger partial charge in [0.1, 0.15) is 6.61 Å². The average molecular weight is 247 g/mol. The SMILES string of the molecule is CC(=O)OC[C@H]1[C@@H](C)C(=O)N1Cc1ccccc1. The smallest absolute Gasteiger partial charge is 0.302 e. The van der Waals surface area contributed by atoms with Crippen molar-refractivity contribution >= 4 is 11.9 Å². The molecular weight excluding hydrogens is 230 g/mol. The molecule has 1 fully saturated rings. The number of likely N-dealkylation sites (tertiary alicyclic amines) is 1. The Bertz CT molecular complexity index is 444. The van der Waals surface area contributed by atoms with Crippen LogP contribution < -0.4 is 0 Å². The zero-order chi connectivity index (χ0) is 13.1. The summed E-state index contributed by atoms with van der Waals surface area (Å²) >= 11 is 0. The summed E-state index contributed by atoms with van der Waals surface area (Å²) in [4.78, 5) is 24.4. The first-order chi connectivity index (χ1) is 8.59. The predicted octanol–water partition coefficient (Wildman–Crippen LogP) is 1.60. The van der Waals surface area contributed by atoms with Crippen molar-refractivity contribution in [2.24, 2.45) is 5.92 Å². The summed E-state index contributed by atoms with van der Waals surface area (Å²) in [6, 6.07) is 9.81. The molecule has 0 aromatic heterocycles. The minimum Gasteiger partial charge on any atom is -0.464 e. The van der Waals surface area contributed by atoms with Gasteiger partial charge in [0.15, 0.2) is 0 Å². The minimum atomic E-state index is -0.304. The van der Waals surface area contributed by atoms with Gasteiger partial charge in [-0.05, 0) is 5.56 Å². The number of benzene rings is 1. The molecule has 0 radical (unpaired) electrons. The lowest BCUT2D eigenvalue weighted by Gasteiger charge is -2.45. The van der Waals surface area contributed by atoms with Crippen molar-refractivity contribution < 1.29 is 14.3 Å². The van der Waals surface area contributed by atoms with Gasteiger partial charge in [0, 0.05) is 13.5 Å². The second-order valence-electron chi connectivity index (χ2n) is 4.61. The van der Waals surface area contributed by atoms with Crippen LogP contribution in [-0.2, 0) is 20.9 Å². The van der Waals surface area contributed by atoms with E-state index in [1.54, 1.807) is 4.90 Å². The summed E-state index contributed by atoms with van der Waals surface area (Å²) in [5.41, 5.74) is 1.09. The van der Waals surface area contributed by atoms with E-state index in [1.165, 1.54) is 6.92 Å². The number of carbonyl (C=O) groups is 2. The summed E-state index contributed by atoms with van der Waals surface area (Å²) < 4.78 is 5.00. The lowest BCUT2D eigenvalue weighted by molar-refractivity contribution is -0.165. The summed E-state index contributed by atoms with van der Waals surface area (Å²) in [6.45, 7) is 4.12. The van der Waals surface area contributed by atoms with Crippen LogP contribution in [0.5, 0.6) is 0 Å². The number of β-lactam (4-membered cyclic amide) rings is 1. The van der Waals surface area contributed by atoms with Gasteiger partial charge in [-0.25, -0.2) is 0 Å². The standard InChI is InChI=1S/C14H17NO3/c1-10-13(9-18-11(2)16)15(14(10)17)8-12-6-4-3-5-7-12/h3-7,10,13H,8-9H2,1-2H3/t10-,13+/m1/s1. The van der Waals surface area contributed by atoms with Crippen molar-refractivity contribution in [3.63, 3.8) is 0 Å². The maximum Gasteiger partial charge on any atom is 0.302 e. The Labute approximate surface area is 107 Å². The maximum absolute atomic E-state index is 11.8. The molecule has 1 saturated heterocycles. The van der Waals surface area contributed by atoms with Crippen LogP contribution in [0, 0.1) is 5.92 Å². The monoisotopic (exact) mass is 247 g/mol. The summed E-state index contributed by atoms with van der Waals surface area (Å²) in [6.07, 6.45) is 0. The Morgan fingerprint density at radius 2 is 2.00 bits per heavy atom. The van der Waals surface area contributed by atoms with Gasteiger partial charge in [0.25, 0.3) is 0 Å². The zero-order valence-corrected chi connectivity index (χ0v) is 10.6. The number of rotatable bonds is 4. The molecule has 1 aliphatic heterocycles. The van der Waals surface area contributed by atoms with Crippen molar-refractivity contribution in [1.82, 2.24) is 4.90 Å². The fraction of sp³-hybridized carbons (Fsp3) is 0.429. The number of esters is 1. The van der Waals surface area contributed by atoms with E-state index in [-0.39, 0.29) is 30.4 Å². The van der Waals surface area contributed by atoms with Crippen molar-refractivity contribution in [2.45, 2.75) is 26.4 Å². The van der Waals surface area contributed by atoms with Crippen LogP contribution in [0.25, 0.3) is 0 Å². The highest BCUT2D eigenvalue weighted by molar-refractivity contribution is 5.85. The fourth-order valence-electron chi connectivity index (χ4n) is 2.19. The van der Waals surface area contributed by atoms with Crippen molar-refractivity contribution in [3.05, 3.63) is 35.9 Å². The minimum absolute atomic E-state index is 0.00149. The molecule has 0 aliphatic carbocycles. The van der Waals surface area contributed by atoms with Gasteiger partial charge in [-0.3, -0.25) is 9.59 Å². The number of hydrogen-bond acceptors (Lipinski definition) is 3. The van der Waals surface area contributed by atoms with Gasteiger partial charge in [-0.15, -0.1) is 0 Å². The molecule has 1 aromatic rings. The highest BCUT2D eigenvalue weighted by Gasteiger charge is 2.44. The quantitative estimate of drug-likeness (QED) is 0.599. The number of amides is 1. The Hall–Kier alpha value is -1.84. The molecule has 0 unspecified atom stereocenters. The van der Waals surface area contributed by atoms with Gasteiger partial charge >= 0.3 is 5.97 Å². The molecule has 0 spiro atoms. The van der Waals surface area contributed by atoms with Gasteiger partial charge in [0.2, 0.25) is 5.91 Å². The third-order valence-electron chi connectivity index (χ3n) is 3.30. The first-order valence-corrected chi connectivity index (χ1v) is 6.07. The molecule has 0 saturated carbocycles. The lowest BCUT2D eigenvalue weighted by atomic mass is 9.89. The van der Waals surface area contributed by atoms with Gasteiger partial charge in [0.05, 0.1) is 12.0 Å². The number of hydrogen-bond donors (Lipinski definition) is 0. The molecule has 1 heterocycles. The van der Waals surface area contributed by atoms with Gasteiger partial charge in [-0.2, -0.15) is 0 Å². The van der Waals surface area contributed by atoms with Crippen molar-refractivity contribution in [3.8, 4) is 0 Å². The van der Waals surface area contributed by atoms with E-state index in [9.17, 15) is 9.59 Å². The summed E-state index contributed by atoms with van der Waals surface area (Å²) in [5, 5.41) is 0. The Morgan fingerprint density at radius 3 is 2.61 bits per heavy atom. The van der Waals surface area contributed by atoms with Crippen LogP contribution in [0.1, 0.15) is 19.4 Å². The highest BCUT2D eigenvalue weighted by atomic mass is 16.5. The van der Waals surface area contributed by atoms with Crippen LogP contribution >= 0.6 is 0 Å². The van der Waals surface area contributed by atoms with Gasteiger partial charge in [-0.1, -0.05) is 37.3 Å². The van der Waals surface area contributed by atoms with E-state index in [0.29, 0.717) is 6.54 Å². The van der Waals surface area contributed by atoms with E-state index in [1.807, 2.05) is 37.3 Å². The van der Waals surface area contributed by atoms with E-state index in [4.69, 9.17) is 4.74 Å². The average Bonchev–Trinajstić information content (AvgIpc) is 2.38. The van der Waals surface area contributed by atoms with E-state index in [2.05, 4.69) is 0 Å². The van der Waals surface area contributed by atoms with Crippen LogP contribution in [0.3, 0.4) is 0 Å². The molecule has 2 rings (SSSR count). The molecule has 0 N–H and O–H groups in total. The van der Waals surface area contributed by atoms with Crippen molar-refractivity contribution in [1.29, 1.82) is 0 Å². The second-order valence-corrected chi connectivity index (χ2v) is 4.61. The maximum atomic E-state index is 11.8. The van der Waals surface area contributed by atoms with E-state index < -0.39 is 0 Å². The summed E-state index contributed by atoms with van der Waals surface area (Å²) in [7, 11) is 0. The third kappa shape index (κ3) is 2.53. The van der Waals surface area contributed by atoms with Crippen LogP contribution in [0.4, 0.5) is 0 Å². The molecule has 2 atom stereocenters.